The van der Waals surface area contributed by atoms with Crippen LogP contribution < -0.4 is 4.74 Å². The molecule has 2 N–H and O–H groups in total. The van der Waals surface area contributed by atoms with Crippen LogP contribution in [0.4, 0.5) is 0 Å². The van der Waals surface area contributed by atoms with Gasteiger partial charge >= 0.3 is 0 Å². The number of halogens is 6. The smallest absolute Gasteiger partial charge is 0.216 e. The van der Waals surface area contributed by atoms with Crippen molar-refractivity contribution in [1.82, 2.24) is 9.80 Å². The quantitative estimate of drug-likeness (QED) is 0.139. The van der Waals surface area contributed by atoms with Gasteiger partial charge in [0.25, 0.3) is 0 Å². The molecule has 2 aliphatic rings. The Balaban J connectivity index is 1.64. The van der Waals surface area contributed by atoms with Crippen LogP contribution in [0.15, 0.2) is 42.5 Å². The molecule has 1 heterocycles. The largest absolute Gasteiger partial charge is 0.491 e. The van der Waals surface area contributed by atoms with Gasteiger partial charge in [-0.15, -0.1) is 0 Å². The average Bonchev–Trinajstić information content (AvgIpc) is 3.05. The summed E-state index contributed by atoms with van der Waals surface area (Å²) in [5.41, 5.74) is 1.30. The molecular weight excluding hydrogens is 745 g/mol. The number of hydrogen-bond donors (Lipinski definition) is 2. The van der Waals surface area contributed by atoms with Gasteiger partial charge in [-0.05, 0) is 82.0 Å². The van der Waals surface area contributed by atoms with Crippen molar-refractivity contribution >= 4 is 87.3 Å². The second-order valence-corrected chi connectivity index (χ2v) is 18.3. The molecule has 4 rings (SSSR count). The van der Waals surface area contributed by atoms with Gasteiger partial charge in [0.1, 0.15) is 5.75 Å². The summed E-state index contributed by atoms with van der Waals surface area (Å²) in [4.78, 5) is 18.8. The number of nitrogens with one attached hydrogen (secondary N) is 2. The Morgan fingerprint density at radius 2 is 1.59 bits per heavy atom. The Kier molecular flexibility index (Phi) is 15.0. The van der Waals surface area contributed by atoms with E-state index in [1.807, 2.05) is 44.2 Å². The summed E-state index contributed by atoms with van der Waals surface area (Å²) in [6.45, 7) is 8.62. The first kappa shape index (κ1) is 40.7. The zero-order chi connectivity index (χ0) is 35.8. The van der Waals surface area contributed by atoms with E-state index >= 15 is 0 Å². The van der Waals surface area contributed by atoms with Crippen LogP contribution in [-0.4, -0.2) is 72.4 Å². The molecule has 0 unspecified atom stereocenters. The number of ketones is 1. The van der Waals surface area contributed by atoms with Crippen molar-refractivity contribution in [2.45, 2.75) is 103 Å². The monoisotopic (exact) mass is 790 g/mol. The van der Waals surface area contributed by atoms with Crippen LogP contribution in [0.1, 0.15) is 93.9 Å². The zero-order valence-corrected chi connectivity index (χ0v) is 32.9. The molecule has 12 heteroatoms. The second-order valence-electron chi connectivity index (χ2n) is 13.8. The van der Waals surface area contributed by atoms with E-state index in [9.17, 15) is 4.79 Å². The minimum Gasteiger partial charge on any atom is -0.491 e. The van der Waals surface area contributed by atoms with E-state index in [1.165, 1.54) is 38.3 Å². The number of carbonyl (C=O) groups is 1. The molecule has 0 radical (unpaired) electrons. The number of benzene rings is 2. The van der Waals surface area contributed by atoms with E-state index in [2.05, 4.69) is 9.80 Å². The molecule has 0 bridgehead atoms. The highest BCUT2D eigenvalue weighted by molar-refractivity contribution is 6.69. The highest BCUT2D eigenvalue weighted by atomic mass is 35.6. The van der Waals surface area contributed by atoms with E-state index in [1.54, 1.807) is 12.1 Å². The summed E-state index contributed by atoms with van der Waals surface area (Å²) in [6, 6.07) is 13.4. The molecule has 1 atom stereocenters. The Labute approximate surface area is 322 Å². The third-order valence-corrected chi connectivity index (χ3v) is 11.1. The van der Waals surface area contributed by atoms with Crippen LogP contribution in [0.3, 0.4) is 0 Å². The molecule has 0 aromatic heterocycles. The minimum atomic E-state index is -1.90. The van der Waals surface area contributed by atoms with Crippen LogP contribution in [-0.2, 0) is 24.2 Å². The van der Waals surface area contributed by atoms with Gasteiger partial charge in [0.2, 0.25) is 7.59 Å². The molecule has 2 aromatic carbocycles. The van der Waals surface area contributed by atoms with Crippen molar-refractivity contribution in [2.75, 3.05) is 32.7 Å². The number of Topliss-reactive ketones (excluding diaryl/α,β-unsaturated/α-hetero) is 1. The van der Waals surface area contributed by atoms with Crippen molar-refractivity contribution < 1.29 is 9.53 Å². The lowest BCUT2D eigenvalue weighted by Gasteiger charge is -2.42. The Hall–Kier alpha value is -1.09. The molecule has 6 nitrogen and oxygen atoms in total. The molecule has 1 saturated carbocycles. The maximum absolute atomic E-state index is 13.7. The topological polar surface area (TPSA) is 80.5 Å². The third kappa shape index (κ3) is 11.7. The van der Waals surface area contributed by atoms with Gasteiger partial charge in [-0.25, -0.2) is 0 Å². The summed E-state index contributed by atoms with van der Waals surface area (Å²) in [5, 5.41) is 17.1. The molecule has 1 aliphatic carbocycles. The zero-order valence-electron chi connectivity index (χ0n) is 28.4. The van der Waals surface area contributed by atoms with E-state index in [0.29, 0.717) is 31.1 Å². The number of hydrogen-bond acceptors (Lipinski definition) is 6. The molecule has 0 spiro atoms. The van der Waals surface area contributed by atoms with Gasteiger partial charge in [0.05, 0.1) is 11.8 Å². The van der Waals surface area contributed by atoms with Gasteiger partial charge in [-0.2, -0.15) is 0 Å². The van der Waals surface area contributed by atoms with Gasteiger partial charge < -0.3 is 20.5 Å². The Morgan fingerprint density at radius 1 is 0.918 bits per heavy atom. The summed E-state index contributed by atoms with van der Waals surface area (Å²) in [7, 11) is 0. The molecule has 1 aliphatic heterocycles. The number of alkyl halides is 6. The first-order valence-corrected chi connectivity index (χ1v) is 19.5. The third-order valence-electron chi connectivity index (χ3n) is 9.90. The average molecular weight is 794 g/mol. The second kappa shape index (κ2) is 18.1. The van der Waals surface area contributed by atoms with Crippen molar-refractivity contribution in [3.63, 3.8) is 0 Å². The fourth-order valence-corrected chi connectivity index (χ4v) is 8.26. The minimum absolute atomic E-state index is 0.000477. The highest BCUT2D eigenvalue weighted by Gasteiger charge is 2.40. The Bertz CT molecular complexity index is 1430. The standard InChI is InChI=1S/C37H48Cl6N4O2/c1-26(2)49-30-11-6-8-27(22-30)23-34(48)33(45)25-35(14-7-16-44,28-12-13-31(36(38,39)40)32(24-28)37(41,42)43)15-17-46-18-20-47(21-19-46)29-9-4-3-5-10-29/h6,8,11-13,16,22,24,26,29,44-45H,3-5,7,9-10,14-15,17-21,23,25H2,1-2H3/t35-/m0/s1. The molecule has 270 valence electrons. The molecule has 2 aromatic rings. The van der Waals surface area contributed by atoms with Crippen molar-refractivity contribution in [3.8, 4) is 5.75 Å². The SMILES string of the molecule is CC(C)Oc1cccc(CC(=O)C(=N)C[C@](CCC=N)(CCN2CCN(C3CCCCC3)CC2)c2ccc(C(Cl)(Cl)Cl)c(C(Cl)(Cl)Cl)c2)c1. The fraction of sp³-hybridized carbons (Fsp3) is 0.595. The molecular formula is C37H48Cl6N4O2. The lowest BCUT2D eigenvalue weighted by Crippen LogP contribution is -2.51. The molecule has 0 amide bonds. The van der Waals surface area contributed by atoms with E-state index in [-0.39, 0.29) is 41.6 Å². The van der Waals surface area contributed by atoms with Crippen LogP contribution in [0, 0.1) is 10.8 Å². The fourth-order valence-electron chi connectivity index (χ4n) is 7.30. The van der Waals surface area contributed by atoms with E-state index in [4.69, 9.17) is 85.2 Å². The number of ether oxygens (including phenoxy) is 1. The Morgan fingerprint density at radius 3 is 2.20 bits per heavy atom. The van der Waals surface area contributed by atoms with Crippen molar-refractivity contribution in [1.29, 1.82) is 10.8 Å². The number of rotatable bonds is 15. The van der Waals surface area contributed by atoms with Gasteiger partial charge in [0, 0.05) is 61.6 Å². The number of piperazine rings is 1. The van der Waals surface area contributed by atoms with E-state index < -0.39 is 13.0 Å². The van der Waals surface area contributed by atoms with Crippen LogP contribution >= 0.6 is 69.6 Å². The molecule has 49 heavy (non-hydrogen) atoms. The predicted octanol–water partition coefficient (Wildman–Crippen LogP) is 10.4. The van der Waals surface area contributed by atoms with Crippen molar-refractivity contribution in [3.05, 3.63) is 64.7 Å². The lowest BCUT2D eigenvalue weighted by molar-refractivity contribution is -0.112. The number of carbonyl (C=O) groups excluding carboxylic acids is 1. The number of nitrogens with zero attached hydrogens (tertiary/aromatic N) is 2. The first-order valence-electron chi connectivity index (χ1n) is 17.2. The van der Waals surface area contributed by atoms with Crippen molar-refractivity contribution in [2.24, 2.45) is 0 Å². The summed E-state index contributed by atoms with van der Waals surface area (Å²) >= 11 is 38.3. The maximum Gasteiger partial charge on any atom is 0.216 e. The molecule has 2 fully saturated rings. The van der Waals surface area contributed by atoms with Crippen LogP contribution in [0.5, 0.6) is 5.75 Å². The maximum atomic E-state index is 13.7. The highest BCUT2D eigenvalue weighted by Crippen LogP contribution is 2.50. The summed E-state index contributed by atoms with van der Waals surface area (Å²) in [5.74, 6) is 0.408. The first-order chi connectivity index (χ1) is 23.1. The van der Waals surface area contributed by atoms with Crippen LogP contribution in [0.25, 0.3) is 0 Å². The van der Waals surface area contributed by atoms with Crippen LogP contribution in [0.2, 0.25) is 0 Å². The molecule has 1 saturated heterocycles. The predicted molar refractivity (Wildman–Crippen MR) is 207 cm³/mol. The van der Waals surface area contributed by atoms with Gasteiger partial charge in [-0.1, -0.05) is 119 Å². The summed E-state index contributed by atoms with van der Waals surface area (Å²) < 4.78 is 2.09. The lowest BCUT2D eigenvalue weighted by atomic mass is 9.69. The van der Waals surface area contributed by atoms with Gasteiger partial charge in [0.15, 0.2) is 5.78 Å². The van der Waals surface area contributed by atoms with E-state index in [0.717, 1.165) is 43.9 Å². The van der Waals surface area contributed by atoms with Gasteiger partial charge in [-0.3, -0.25) is 9.69 Å². The summed E-state index contributed by atoms with van der Waals surface area (Å²) in [6.07, 6.45) is 9.72. The normalized spacial score (nSPS) is 18.3.